The van der Waals surface area contributed by atoms with Gasteiger partial charge in [-0.1, -0.05) is 24.3 Å². The molecule has 0 radical (unpaired) electrons. The highest BCUT2D eigenvalue weighted by Crippen LogP contribution is 2.28. The quantitative estimate of drug-likeness (QED) is 0.389. The van der Waals surface area contributed by atoms with Crippen molar-refractivity contribution in [3.8, 4) is 0 Å². The summed E-state index contributed by atoms with van der Waals surface area (Å²) in [4.78, 5) is 13.1. The van der Waals surface area contributed by atoms with Crippen molar-refractivity contribution in [3.05, 3.63) is 36.4 Å². The summed E-state index contributed by atoms with van der Waals surface area (Å²) in [6.07, 6.45) is 1.43. The molecule has 2 aromatic carbocycles. The number of anilines is 1. The normalized spacial score (nSPS) is 11.1. The van der Waals surface area contributed by atoms with E-state index in [4.69, 9.17) is 0 Å². The Kier molecular flexibility index (Phi) is 4.14. The summed E-state index contributed by atoms with van der Waals surface area (Å²) in [6.45, 7) is 0.669. The Labute approximate surface area is 115 Å². The Bertz CT molecular complexity index is 780. The molecule has 7 heteroatoms. The van der Waals surface area contributed by atoms with Crippen LogP contribution < -0.4 is 5.32 Å². The van der Waals surface area contributed by atoms with Gasteiger partial charge in [-0.2, -0.15) is 0 Å². The van der Waals surface area contributed by atoms with Crippen molar-refractivity contribution in [1.82, 2.24) is 0 Å². The van der Waals surface area contributed by atoms with E-state index in [2.05, 4.69) is 10.3 Å². The number of nitrogens with zero attached hydrogens (tertiary/aromatic N) is 1. The average Bonchev–Trinajstić information content (AvgIpc) is 2.42. The van der Waals surface area contributed by atoms with Crippen molar-refractivity contribution >= 4 is 32.7 Å². The van der Waals surface area contributed by atoms with E-state index in [0.717, 1.165) is 0 Å². The maximum atomic E-state index is 11.2. The molecule has 0 atom stereocenters. The molecule has 2 rings (SSSR count). The SMILES string of the molecule is O=C=NCCNc1cccc2c(S(=O)(=O)[O-])cccc12. The molecule has 0 aliphatic rings. The van der Waals surface area contributed by atoms with E-state index in [1.165, 1.54) is 18.2 Å². The first kappa shape index (κ1) is 14.2. The molecule has 6 nitrogen and oxygen atoms in total. The Hall–Kier alpha value is -2.21. The molecule has 0 aromatic heterocycles. The fourth-order valence-corrected chi connectivity index (χ4v) is 2.64. The van der Waals surface area contributed by atoms with Crippen LogP contribution in [0.25, 0.3) is 10.8 Å². The number of benzene rings is 2. The van der Waals surface area contributed by atoms with Crippen LogP contribution in [0.5, 0.6) is 0 Å². The second kappa shape index (κ2) is 5.83. The van der Waals surface area contributed by atoms with E-state index in [-0.39, 0.29) is 11.4 Å². The second-order valence-corrected chi connectivity index (χ2v) is 5.36. The molecule has 0 fully saturated rings. The zero-order valence-corrected chi connectivity index (χ0v) is 11.2. The molecular formula is C13H11N2O4S-. The first-order valence-corrected chi connectivity index (χ1v) is 7.20. The van der Waals surface area contributed by atoms with Gasteiger partial charge in [0.25, 0.3) is 0 Å². The average molecular weight is 291 g/mol. The predicted octanol–water partition coefficient (Wildman–Crippen LogP) is 1.49. The number of hydrogen-bond donors (Lipinski definition) is 1. The van der Waals surface area contributed by atoms with Crippen LogP contribution in [0, 0.1) is 0 Å². The number of aliphatic imine (C=N–C) groups is 1. The Morgan fingerprint density at radius 2 is 1.85 bits per heavy atom. The molecule has 0 bridgehead atoms. The third-order valence-corrected chi connectivity index (χ3v) is 3.65. The maximum absolute atomic E-state index is 11.2. The third-order valence-electron chi connectivity index (χ3n) is 2.76. The van der Waals surface area contributed by atoms with E-state index in [1.54, 1.807) is 24.3 Å². The number of carbonyl (C=O) groups excluding carboxylic acids is 1. The molecule has 0 spiro atoms. The van der Waals surface area contributed by atoms with Crippen molar-refractivity contribution in [2.45, 2.75) is 4.90 Å². The van der Waals surface area contributed by atoms with Gasteiger partial charge in [0, 0.05) is 23.0 Å². The van der Waals surface area contributed by atoms with Gasteiger partial charge in [-0.25, -0.2) is 18.2 Å². The predicted molar refractivity (Wildman–Crippen MR) is 73.4 cm³/mol. The van der Waals surface area contributed by atoms with Crippen LogP contribution in [0.15, 0.2) is 46.3 Å². The van der Waals surface area contributed by atoms with Gasteiger partial charge in [-0.15, -0.1) is 0 Å². The zero-order chi connectivity index (χ0) is 14.6. The fourth-order valence-electron chi connectivity index (χ4n) is 1.95. The van der Waals surface area contributed by atoms with Gasteiger partial charge in [0.1, 0.15) is 10.1 Å². The highest BCUT2D eigenvalue weighted by Gasteiger charge is 2.08. The molecule has 0 amide bonds. The largest absolute Gasteiger partial charge is 0.744 e. The molecule has 2 aromatic rings. The van der Waals surface area contributed by atoms with Crippen LogP contribution in [-0.4, -0.2) is 32.1 Å². The lowest BCUT2D eigenvalue weighted by Gasteiger charge is -2.13. The van der Waals surface area contributed by atoms with Crippen LogP contribution >= 0.6 is 0 Å². The monoisotopic (exact) mass is 291 g/mol. The third kappa shape index (κ3) is 3.03. The van der Waals surface area contributed by atoms with Crippen LogP contribution in [0.2, 0.25) is 0 Å². The Balaban J connectivity index is 2.46. The van der Waals surface area contributed by atoms with Crippen molar-refractivity contribution in [3.63, 3.8) is 0 Å². The Morgan fingerprint density at radius 3 is 2.55 bits per heavy atom. The number of nitrogens with one attached hydrogen (secondary N) is 1. The minimum absolute atomic E-state index is 0.246. The van der Waals surface area contributed by atoms with Gasteiger partial charge in [0.2, 0.25) is 6.08 Å². The summed E-state index contributed by atoms with van der Waals surface area (Å²) in [6, 6.07) is 9.51. The van der Waals surface area contributed by atoms with E-state index < -0.39 is 10.1 Å². The van der Waals surface area contributed by atoms with Gasteiger partial charge < -0.3 is 9.87 Å². The summed E-state index contributed by atoms with van der Waals surface area (Å²) in [5, 5.41) is 4.02. The summed E-state index contributed by atoms with van der Waals surface area (Å²) in [7, 11) is -4.52. The number of hydrogen-bond acceptors (Lipinski definition) is 6. The van der Waals surface area contributed by atoms with E-state index in [9.17, 15) is 17.8 Å². The standard InChI is InChI=1S/C13H12N2O4S/c16-9-14-7-8-15-12-5-1-4-11-10(12)3-2-6-13(11)20(17,18)19/h1-6,15H,7-8H2,(H,17,18,19)/p-1. The highest BCUT2D eigenvalue weighted by atomic mass is 32.2. The Morgan fingerprint density at radius 1 is 1.15 bits per heavy atom. The molecule has 20 heavy (non-hydrogen) atoms. The number of rotatable bonds is 5. The molecule has 0 saturated heterocycles. The maximum Gasteiger partial charge on any atom is 0.235 e. The number of fused-ring (bicyclic) bond motifs is 1. The molecule has 104 valence electrons. The fraction of sp³-hybridized carbons (Fsp3) is 0.154. The second-order valence-electron chi connectivity index (χ2n) is 4.01. The molecular weight excluding hydrogens is 280 g/mol. The van der Waals surface area contributed by atoms with Gasteiger partial charge in [0.15, 0.2) is 0 Å². The van der Waals surface area contributed by atoms with Crippen LogP contribution in [0.4, 0.5) is 5.69 Å². The summed E-state index contributed by atoms with van der Waals surface area (Å²) >= 11 is 0. The lowest BCUT2D eigenvalue weighted by Crippen LogP contribution is -2.05. The van der Waals surface area contributed by atoms with Gasteiger partial charge in [-0.05, 0) is 12.1 Å². The minimum Gasteiger partial charge on any atom is -0.744 e. The smallest absolute Gasteiger partial charge is 0.235 e. The molecule has 1 N–H and O–H groups in total. The van der Waals surface area contributed by atoms with E-state index in [0.29, 0.717) is 23.0 Å². The first-order chi connectivity index (χ1) is 9.54. The van der Waals surface area contributed by atoms with Crippen LogP contribution in [-0.2, 0) is 14.9 Å². The van der Waals surface area contributed by atoms with Crippen LogP contribution in [0.3, 0.4) is 0 Å². The summed E-state index contributed by atoms with van der Waals surface area (Å²) in [5.41, 5.74) is 0.675. The van der Waals surface area contributed by atoms with Crippen molar-refractivity contribution in [1.29, 1.82) is 0 Å². The minimum atomic E-state index is -4.52. The van der Waals surface area contributed by atoms with Crippen molar-refractivity contribution < 1.29 is 17.8 Å². The van der Waals surface area contributed by atoms with Crippen molar-refractivity contribution in [2.24, 2.45) is 4.99 Å². The lowest BCUT2D eigenvalue weighted by molar-refractivity contribution is 0.464. The highest BCUT2D eigenvalue weighted by molar-refractivity contribution is 7.86. The molecule has 0 saturated carbocycles. The zero-order valence-electron chi connectivity index (χ0n) is 10.4. The summed E-state index contributed by atoms with van der Waals surface area (Å²) < 4.78 is 33.7. The first-order valence-electron chi connectivity index (χ1n) is 5.79. The number of isocyanates is 1. The van der Waals surface area contributed by atoms with E-state index in [1.807, 2.05) is 0 Å². The summed E-state index contributed by atoms with van der Waals surface area (Å²) in [5.74, 6) is 0. The molecule has 0 aliphatic heterocycles. The van der Waals surface area contributed by atoms with Crippen molar-refractivity contribution in [2.75, 3.05) is 18.4 Å². The van der Waals surface area contributed by atoms with Gasteiger partial charge >= 0.3 is 0 Å². The lowest BCUT2D eigenvalue weighted by atomic mass is 10.1. The van der Waals surface area contributed by atoms with E-state index >= 15 is 0 Å². The van der Waals surface area contributed by atoms with Gasteiger partial charge in [-0.3, -0.25) is 0 Å². The van der Waals surface area contributed by atoms with Gasteiger partial charge in [0.05, 0.1) is 11.4 Å². The molecule has 0 heterocycles. The molecule has 0 unspecified atom stereocenters. The topological polar surface area (TPSA) is 98.7 Å². The molecule has 0 aliphatic carbocycles. The van der Waals surface area contributed by atoms with Crippen LogP contribution in [0.1, 0.15) is 0 Å².